The molecule has 2 heterocycles. The number of nitrogens with zero attached hydrogens (tertiary/aromatic N) is 4. The van der Waals surface area contributed by atoms with Gasteiger partial charge in [0.15, 0.2) is 4.60 Å². The van der Waals surface area contributed by atoms with Crippen molar-refractivity contribution >= 4 is 49.3 Å². The van der Waals surface area contributed by atoms with E-state index in [1.165, 1.54) is 11.0 Å². The van der Waals surface area contributed by atoms with Gasteiger partial charge < -0.3 is 4.74 Å². The summed E-state index contributed by atoms with van der Waals surface area (Å²) < 4.78 is 5.42. The van der Waals surface area contributed by atoms with E-state index in [1.807, 2.05) is 6.92 Å². The molecule has 8 nitrogen and oxygen atoms in total. The molecular formula is C15H14Br2N4O4. The molecule has 0 N–H and O–H groups in total. The molecule has 0 radical (unpaired) electrons. The lowest BCUT2D eigenvalue weighted by Gasteiger charge is -2.22. The van der Waals surface area contributed by atoms with Gasteiger partial charge in [-0.15, -0.1) is 0 Å². The van der Waals surface area contributed by atoms with Gasteiger partial charge in [0.25, 0.3) is 0 Å². The lowest BCUT2D eigenvalue weighted by Crippen LogP contribution is -2.32. The summed E-state index contributed by atoms with van der Waals surface area (Å²) in [6, 6.07) is 5.00. The Balaban J connectivity index is 2.54. The number of aryl methyl sites for hydroxylation is 1. The average molecular weight is 474 g/mol. The summed E-state index contributed by atoms with van der Waals surface area (Å²) in [5, 5.41) is 11.5. The highest BCUT2D eigenvalue weighted by molar-refractivity contribution is 9.11. The number of anilines is 1. The van der Waals surface area contributed by atoms with Crippen LogP contribution in [0.1, 0.15) is 18.2 Å². The fourth-order valence-electron chi connectivity index (χ4n) is 2.06. The molecule has 10 heteroatoms. The summed E-state index contributed by atoms with van der Waals surface area (Å²) in [6.07, 6.45) is 0.912. The second-order valence-corrected chi connectivity index (χ2v) is 6.52. The van der Waals surface area contributed by atoms with E-state index in [9.17, 15) is 14.9 Å². The number of ether oxygens (including phenoxy) is 1. The van der Waals surface area contributed by atoms with Gasteiger partial charge >= 0.3 is 11.8 Å². The molecule has 0 saturated carbocycles. The number of nitro groups is 1. The SMILES string of the molecule is CCOC(=O)N(Cc1ccc(C)nc1)c1cc(Br)nc(Br)c1[N+](=O)[O-]. The van der Waals surface area contributed by atoms with Crippen molar-refractivity contribution in [2.45, 2.75) is 20.4 Å². The first kappa shape index (κ1) is 19.3. The molecule has 0 aromatic carbocycles. The monoisotopic (exact) mass is 472 g/mol. The number of amides is 1. The Morgan fingerprint density at radius 1 is 1.40 bits per heavy atom. The Hall–Kier alpha value is -2.07. The molecule has 0 fully saturated rings. The molecule has 0 aliphatic heterocycles. The predicted molar refractivity (Wildman–Crippen MR) is 98.5 cm³/mol. The largest absolute Gasteiger partial charge is 0.449 e. The number of hydrogen-bond donors (Lipinski definition) is 0. The van der Waals surface area contributed by atoms with Crippen molar-refractivity contribution in [1.29, 1.82) is 0 Å². The van der Waals surface area contributed by atoms with Crippen LogP contribution < -0.4 is 4.90 Å². The van der Waals surface area contributed by atoms with Crippen LogP contribution in [0.25, 0.3) is 0 Å². The van der Waals surface area contributed by atoms with E-state index in [4.69, 9.17) is 4.74 Å². The number of aromatic nitrogens is 2. The van der Waals surface area contributed by atoms with Crippen molar-refractivity contribution in [3.8, 4) is 0 Å². The van der Waals surface area contributed by atoms with E-state index in [1.54, 1.807) is 25.3 Å². The summed E-state index contributed by atoms with van der Waals surface area (Å²) in [5.74, 6) is 0. The summed E-state index contributed by atoms with van der Waals surface area (Å²) in [7, 11) is 0. The number of carbonyl (C=O) groups is 1. The molecule has 1 amide bonds. The van der Waals surface area contributed by atoms with Crippen LogP contribution in [0.5, 0.6) is 0 Å². The maximum absolute atomic E-state index is 12.4. The molecule has 0 spiro atoms. The first-order valence-corrected chi connectivity index (χ1v) is 8.78. The third-order valence-corrected chi connectivity index (χ3v) is 4.13. The van der Waals surface area contributed by atoms with Gasteiger partial charge in [0.1, 0.15) is 10.3 Å². The summed E-state index contributed by atoms with van der Waals surface area (Å²) in [5.41, 5.74) is 1.28. The van der Waals surface area contributed by atoms with Crippen molar-refractivity contribution in [2.75, 3.05) is 11.5 Å². The molecule has 2 aromatic heterocycles. The van der Waals surface area contributed by atoms with Gasteiger partial charge in [0.05, 0.1) is 18.1 Å². The topological polar surface area (TPSA) is 98.5 Å². The lowest BCUT2D eigenvalue weighted by molar-refractivity contribution is -0.385. The molecule has 0 saturated heterocycles. The average Bonchev–Trinajstić information content (AvgIpc) is 2.53. The molecule has 132 valence electrons. The van der Waals surface area contributed by atoms with Gasteiger partial charge in [-0.05, 0) is 57.3 Å². The highest BCUT2D eigenvalue weighted by atomic mass is 79.9. The Morgan fingerprint density at radius 2 is 2.12 bits per heavy atom. The standard InChI is InChI=1S/C15H14Br2N4O4/c1-3-25-15(22)20(8-10-5-4-9(2)18-7-10)11-6-12(16)19-14(17)13(11)21(23)24/h4-7H,3,8H2,1-2H3. The van der Waals surface area contributed by atoms with Crippen LogP contribution in [-0.4, -0.2) is 27.6 Å². The number of hydrogen-bond acceptors (Lipinski definition) is 6. The van der Waals surface area contributed by atoms with E-state index in [2.05, 4.69) is 41.8 Å². The molecule has 2 rings (SSSR count). The molecule has 25 heavy (non-hydrogen) atoms. The third-order valence-electron chi connectivity index (χ3n) is 3.17. The van der Waals surface area contributed by atoms with Gasteiger partial charge in [0.2, 0.25) is 0 Å². The number of halogens is 2. The minimum absolute atomic E-state index is 0.0122. The van der Waals surface area contributed by atoms with Crippen LogP contribution in [-0.2, 0) is 11.3 Å². The fourth-order valence-corrected chi connectivity index (χ4v) is 3.24. The van der Waals surface area contributed by atoms with Gasteiger partial charge in [-0.2, -0.15) is 0 Å². The highest BCUT2D eigenvalue weighted by Crippen LogP contribution is 2.37. The number of pyridine rings is 2. The molecular weight excluding hydrogens is 460 g/mol. The van der Waals surface area contributed by atoms with Crippen molar-refractivity contribution < 1.29 is 14.5 Å². The molecule has 0 bridgehead atoms. The molecule has 2 aromatic rings. The van der Waals surface area contributed by atoms with E-state index >= 15 is 0 Å². The fraction of sp³-hybridized carbons (Fsp3) is 0.267. The van der Waals surface area contributed by atoms with Crippen molar-refractivity contribution in [3.63, 3.8) is 0 Å². The quantitative estimate of drug-likeness (QED) is 0.363. The minimum Gasteiger partial charge on any atom is -0.449 e. The van der Waals surface area contributed by atoms with Gasteiger partial charge in [0, 0.05) is 18.0 Å². The number of carbonyl (C=O) groups excluding carboxylic acids is 1. The van der Waals surface area contributed by atoms with Crippen LogP contribution in [0.3, 0.4) is 0 Å². The lowest BCUT2D eigenvalue weighted by atomic mass is 10.2. The van der Waals surface area contributed by atoms with E-state index in [-0.39, 0.29) is 29.1 Å². The van der Waals surface area contributed by atoms with Crippen LogP contribution in [0.15, 0.2) is 33.6 Å². The molecule has 0 atom stereocenters. The van der Waals surface area contributed by atoms with Crippen LogP contribution >= 0.6 is 31.9 Å². The highest BCUT2D eigenvalue weighted by Gasteiger charge is 2.29. The van der Waals surface area contributed by atoms with E-state index in [0.29, 0.717) is 10.2 Å². The molecule has 0 unspecified atom stereocenters. The normalized spacial score (nSPS) is 10.4. The Bertz CT molecular complexity index is 799. The van der Waals surface area contributed by atoms with Gasteiger partial charge in [-0.25, -0.2) is 9.78 Å². The van der Waals surface area contributed by atoms with Crippen molar-refractivity contribution in [3.05, 3.63) is 55.0 Å². The maximum Gasteiger partial charge on any atom is 0.414 e. The summed E-state index contributed by atoms with van der Waals surface area (Å²) in [6.45, 7) is 3.71. The predicted octanol–water partition coefficient (Wildman–Crippen LogP) is 4.38. The van der Waals surface area contributed by atoms with Crippen molar-refractivity contribution in [2.24, 2.45) is 0 Å². The zero-order valence-corrected chi connectivity index (χ0v) is 16.6. The Morgan fingerprint density at radius 3 is 2.68 bits per heavy atom. The minimum atomic E-state index is -0.698. The smallest absolute Gasteiger partial charge is 0.414 e. The second kappa shape index (κ2) is 8.34. The molecule has 0 aliphatic carbocycles. The first-order chi connectivity index (χ1) is 11.8. The van der Waals surface area contributed by atoms with Crippen LogP contribution in [0.4, 0.5) is 16.2 Å². The zero-order valence-electron chi connectivity index (χ0n) is 13.4. The van der Waals surface area contributed by atoms with Gasteiger partial charge in [-0.3, -0.25) is 20.0 Å². The van der Waals surface area contributed by atoms with Gasteiger partial charge in [-0.1, -0.05) is 6.07 Å². The van der Waals surface area contributed by atoms with Crippen molar-refractivity contribution in [1.82, 2.24) is 9.97 Å². The second-order valence-electron chi connectivity index (χ2n) is 4.95. The maximum atomic E-state index is 12.4. The Kier molecular flexibility index (Phi) is 6.43. The van der Waals surface area contributed by atoms with Crippen LogP contribution in [0.2, 0.25) is 0 Å². The zero-order chi connectivity index (χ0) is 18.6. The number of rotatable bonds is 5. The van der Waals surface area contributed by atoms with E-state index < -0.39 is 11.0 Å². The first-order valence-electron chi connectivity index (χ1n) is 7.19. The third kappa shape index (κ3) is 4.73. The van der Waals surface area contributed by atoms with Crippen LogP contribution in [0, 0.1) is 17.0 Å². The Labute approximate surface area is 160 Å². The molecule has 0 aliphatic rings. The summed E-state index contributed by atoms with van der Waals surface area (Å²) >= 11 is 6.27. The van der Waals surface area contributed by atoms with E-state index in [0.717, 1.165) is 5.69 Å². The summed E-state index contributed by atoms with van der Waals surface area (Å²) in [4.78, 5) is 32.6.